The highest BCUT2D eigenvalue weighted by Gasteiger charge is 2.45. The van der Waals surface area contributed by atoms with Crippen molar-refractivity contribution in [2.75, 3.05) is 17.3 Å². The molecule has 1 fully saturated rings. The molecular weight excluding hydrogens is 250 g/mol. The van der Waals surface area contributed by atoms with Crippen molar-refractivity contribution in [2.24, 2.45) is 17.2 Å². The number of hydrazine groups is 1. The molecule has 1 aromatic rings. The number of nitrogens with one attached hydrogen (secondary N) is 2. The fourth-order valence-corrected chi connectivity index (χ4v) is 2.33. The Morgan fingerprint density at radius 2 is 1.85 bits per heavy atom. The molecule has 0 saturated heterocycles. The fraction of sp³-hybridized carbons (Fsp3) is 0.733. The molecule has 1 aliphatic carbocycles. The smallest absolute Gasteiger partial charge is 0.145 e. The lowest BCUT2D eigenvalue weighted by atomic mass is 9.92. The summed E-state index contributed by atoms with van der Waals surface area (Å²) in [4.78, 5) is 9.06. The molecule has 20 heavy (non-hydrogen) atoms. The topological polar surface area (TPSA) is 75.9 Å². The lowest BCUT2D eigenvalue weighted by molar-refractivity contribution is 0.379. The van der Waals surface area contributed by atoms with Gasteiger partial charge in [-0.2, -0.15) is 0 Å². The number of nitrogens with zero attached hydrogens (tertiary/aromatic N) is 2. The first-order chi connectivity index (χ1) is 9.27. The minimum atomic E-state index is -0.0986. The molecule has 0 radical (unpaired) electrons. The van der Waals surface area contributed by atoms with Gasteiger partial charge in [0.05, 0.1) is 0 Å². The zero-order valence-electron chi connectivity index (χ0n) is 13.2. The van der Waals surface area contributed by atoms with Gasteiger partial charge in [-0.25, -0.2) is 15.8 Å². The van der Waals surface area contributed by atoms with Crippen LogP contribution >= 0.6 is 0 Å². The predicted molar refractivity (Wildman–Crippen MR) is 83.5 cm³/mol. The van der Waals surface area contributed by atoms with E-state index >= 15 is 0 Å². The number of nitrogen functional groups attached to an aromatic ring is 1. The summed E-state index contributed by atoms with van der Waals surface area (Å²) in [5.41, 5.74) is 2.97. The van der Waals surface area contributed by atoms with E-state index in [4.69, 9.17) is 5.84 Å². The van der Waals surface area contributed by atoms with Crippen molar-refractivity contribution in [2.45, 2.75) is 52.9 Å². The van der Waals surface area contributed by atoms with Crippen molar-refractivity contribution in [1.82, 2.24) is 9.97 Å². The Bertz CT molecular complexity index is 472. The average molecular weight is 277 g/mol. The number of hydrogen-bond acceptors (Lipinski definition) is 5. The highest BCUT2D eigenvalue weighted by atomic mass is 15.3. The quantitative estimate of drug-likeness (QED) is 0.570. The fourth-order valence-electron chi connectivity index (χ4n) is 2.33. The number of aromatic nitrogens is 2. The molecule has 0 aromatic carbocycles. The molecule has 1 heterocycles. The molecule has 2 rings (SSSR count). The van der Waals surface area contributed by atoms with Gasteiger partial charge in [0.1, 0.15) is 17.5 Å². The molecule has 0 atom stereocenters. The van der Waals surface area contributed by atoms with E-state index in [1.165, 1.54) is 12.8 Å². The third kappa shape index (κ3) is 3.20. The molecule has 0 unspecified atom stereocenters. The summed E-state index contributed by atoms with van der Waals surface area (Å²) in [7, 11) is 0. The first kappa shape index (κ1) is 15.0. The normalized spacial score (nSPS) is 17.1. The summed E-state index contributed by atoms with van der Waals surface area (Å²) >= 11 is 0. The van der Waals surface area contributed by atoms with Gasteiger partial charge in [-0.3, -0.25) is 0 Å². The minimum Gasteiger partial charge on any atom is -0.369 e. The van der Waals surface area contributed by atoms with E-state index in [1.807, 2.05) is 6.07 Å². The van der Waals surface area contributed by atoms with Gasteiger partial charge in [0.15, 0.2) is 0 Å². The molecular formula is C15H27N5. The zero-order chi connectivity index (χ0) is 15.0. The van der Waals surface area contributed by atoms with E-state index in [1.54, 1.807) is 0 Å². The second-order valence-electron chi connectivity index (χ2n) is 7.23. The van der Waals surface area contributed by atoms with Gasteiger partial charge >= 0.3 is 0 Å². The Hall–Kier alpha value is -1.36. The second-order valence-corrected chi connectivity index (χ2v) is 7.23. The van der Waals surface area contributed by atoms with Crippen LogP contribution in [0.15, 0.2) is 6.07 Å². The Balaban J connectivity index is 2.15. The lowest BCUT2D eigenvalue weighted by Gasteiger charge is -2.22. The number of hydrogen-bond donors (Lipinski definition) is 3. The number of nitrogens with two attached hydrogens (primary N) is 1. The molecule has 0 spiro atoms. The third-order valence-corrected chi connectivity index (χ3v) is 4.28. The Morgan fingerprint density at radius 1 is 1.25 bits per heavy atom. The minimum absolute atomic E-state index is 0.0986. The second kappa shape index (κ2) is 5.20. The van der Waals surface area contributed by atoms with E-state index < -0.39 is 0 Å². The van der Waals surface area contributed by atoms with E-state index in [2.05, 4.69) is 55.3 Å². The molecule has 112 valence electrons. The van der Waals surface area contributed by atoms with Crippen LogP contribution in [0.1, 0.15) is 53.3 Å². The summed E-state index contributed by atoms with van der Waals surface area (Å²) in [6.45, 7) is 11.9. The maximum absolute atomic E-state index is 5.51. The van der Waals surface area contributed by atoms with Crippen molar-refractivity contribution in [1.29, 1.82) is 0 Å². The largest absolute Gasteiger partial charge is 0.369 e. The van der Waals surface area contributed by atoms with Crippen LogP contribution in [0.5, 0.6) is 0 Å². The van der Waals surface area contributed by atoms with Crippen LogP contribution in [0.25, 0.3) is 0 Å². The summed E-state index contributed by atoms with van der Waals surface area (Å²) in [6.07, 6.45) is 2.60. The predicted octanol–water partition coefficient (Wildman–Crippen LogP) is 2.91. The highest BCUT2D eigenvalue weighted by Crippen LogP contribution is 2.51. The summed E-state index contributed by atoms with van der Waals surface area (Å²) in [5, 5.41) is 3.47. The van der Waals surface area contributed by atoms with Crippen molar-refractivity contribution in [3.8, 4) is 0 Å². The Kier molecular flexibility index (Phi) is 3.91. The Labute approximate surface area is 121 Å². The van der Waals surface area contributed by atoms with Crippen molar-refractivity contribution in [3.63, 3.8) is 0 Å². The molecule has 1 aromatic heterocycles. The van der Waals surface area contributed by atoms with Crippen molar-refractivity contribution >= 4 is 11.6 Å². The van der Waals surface area contributed by atoms with Crippen molar-refractivity contribution in [3.05, 3.63) is 11.9 Å². The first-order valence-electron chi connectivity index (χ1n) is 7.37. The van der Waals surface area contributed by atoms with Crippen LogP contribution in [0, 0.1) is 11.3 Å². The summed E-state index contributed by atoms with van der Waals surface area (Å²) < 4.78 is 0. The SMILES string of the molecule is CC(C)C1(CNc2cc(NN)nc(C(C)(C)C)n2)CC1. The Morgan fingerprint density at radius 3 is 2.30 bits per heavy atom. The first-order valence-corrected chi connectivity index (χ1v) is 7.37. The molecule has 0 aliphatic heterocycles. The van der Waals surface area contributed by atoms with Gasteiger partial charge in [0.2, 0.25) is 0 Å². The number of anilines is 2. The highest BCUT2D eigenvalue weighted by molar-refractivity contribution is 5.47. The molecule has 5 heteroatoms. The van der Waals surface area contributed by atoms with E-state index in [-0.39, 0.29) is 5.41 Å². The van der Waals surface area contributed by atoms with E-state index in [9.17, 15) is 0 Å². The molecule has 1 saturated carbocycles. The standard InChI is InChI=1S/C15H27N5/c1-10(2)15(6-7-15)9-17-11-8-12(20-16)19-13(18-11)14(3,4)5/h8,10H,6-7,9,16H2,1-5H3,(H2,17,18,19,20). The van der Waals surface area contributed by atoms with Gasteiger partial charge in [0, 0.05) is 18.0 Å². The average Bonchev–Trinajstić information content (AvgIpc) is 3.16. The van der Waals surface area contributed by atoms with Gasteiger partial charge in [-0.1, -0.05) is 34.6 Å². The van der Waals surface area contributed by atoms with Crippen LogP contribution in [0.4, 0.5) is 11.6 Å². The summed E-state index contributed by atoms with van der Waals surface area (Å²) in [6, 6.07) is 1.87. The maximum atomic E-state index is 5.51. The molecule has 1 aliphatic rings. The van der Waals surface area contributed by atoms with Crippen LogP contribution in [-0.4, -0.2) is 16.5 Å². The van der Waals surface area contributed by atoms with Crippen molar-refractivity contribution < 1.29 is 0 Å². The van der Waals surface area contributed by atoms with Crippen LogP contribution in [0.2, 0.25) is 0 Å². The summed E-state index contributed by atoms with van der Waals surface area (Å²) in [5.74, 6) is 8.51. The maximum Gasteiger partial charge on any atom is 0.145 e. The monoisotopic (exact) mass is 277 g/mol. The van der Waals surface area contributed by atoms with Crippen LogP contribution in [0.3, 0.4) is 0 Å². The van der Waals surface area contributed by atoms with Crippen LogP contribution in [-0.2, 0) is 5.41 Å². The van der Waals surface area contributed by atoms with E-state index in [0.29, 0.717) is 17.2 Å². The van der Waals surface area contributed by atoms with E-state index in [0.717, 1.165) is 18.2 Å². The van der Waals surface area contributed by atoms with Gasteiger partial charge in [0.25, 0.3) is 0 Å². The van der Waals surface area contributed by atoms with Crippen LogP contribution < -0.4 is 16.6 Å². The zero-order valence-corrected chi connectivity index (χ0v) is 13.2. The van der Waals surface area contributed by atoms with Gasteiger partial charge < -0.3 is 10.7 Å². The number of rotatable bonds is 5. The van der Waals surface area contributed by atoms with Gasteiger partial charge in [-0.15, -0.1) is 0 Å². The molecule has 0 amide bonds. The molecule has 5 nitrogen and oxygen atoms in total. The van der Waals surface area contributed by atoms with Gasteiger partial charge in [-0.05, 0) is 24.2 Å². The third-order valence-electron chi connectivity index (χ3n) is 4.28. The molecule has 0 bridgehead atoms. The molecule has 4 N–H and O–H groups in total. The lowest BCUT2D eigenvalue weighted by Crippen LogP contribution is -2.23.